The van der Waals surface area contributed by atoms with Crippen LogP contribution in [-0.4, -0.2) is 34.0 Å². The lowest BCUT2D eigenvalue weighted by molar-refractivity contribution is -0.384. The lowest BCUT2D eigenvalue weighted by Gasteiger charge is -2.13. The number of nitro benzene ring substituents is 1. The van der Waals surface area contributed by atoms with Crippen LogP contribution in [0, 0.1) is 10.1 Å². The van der Waals surface area contributed by atoms with Gasteiger partial charge in [0, 0.05) is 12.1 Å². The fourth-order valence-corrected chi connectivity index (χ4v) is 1.46. The predicted molar refractivity (Wildman–Crippen MR) is 70.9 cm³/mol. The van der Waals surface area contributed by atoms with Crippen molar-refractivity contribution in [1.29, 1.82) is 0 Å². The maximum absolute atomic E-state index is 11.8. The molecule has 0 aromatic heterocycles. The number of nitrogens with two attached hydrogens (primary N) is 1. The molecular weight excluding hydrogens is 284 g/mol. The number of carbonyl (C=O) groups excluding carboxylic acids is 2. The van der Waals surface area contributed by atoms with E-state index in [1.54, 1.807) is 0 Å². The molecule has 21 heavy (non-hydrogen) atoms. The van der Waals surface area contributed by atoms with E-state index in [9.17, 15) is 24.5 Å². The standard InChI is InChI=1S/C11H12N4O6/c1-5(13-11(12)19)9(16)14-8-4-6(15(20)21)2-3-7(8)10(17)18/h2-5H,1H3,(H,14,16)(H,17,18)(H3,12,13,19). The fourth-order valence-electron chi connectivity index (χ4n) is 1.46. The Labute approximate surface area is 118 Å². The number of hydrogen-bond acceptors (Lipinski definition) is 5. The summed E-state index contributed by atoms with van der Waals surface area (Å²) >= 11 is 0. The minimum absolute atomic E-state index is 0.250. The number of nitrogens with zero attached hydrogens (tertiary/aromatic N) is 1. The van der Waals surface area contributed by atoms with Gasteiger partial charge in [0.2, 0.25) is 5.91 Å². The van der Waals surface area contributed by atoms with Gasteiger partial charge in [0.15, 0.2) is 0 Å². The summed E-state index contributed by atoms with van der Waals surface area (Å²) < 4.78 is 0. The van der Waals surface area contributed by atoms with E-state index in [2.05, 4.69) is 10.6 Å². The Morgan fingerprint density at radius 2 is 2.00 bits per heavy atom. The number of hydrogen-bond donors (Lipinski definition) is 4. The maximum Gasteiger partial charge on any atom is 0.337 e. The number of non-ortho nitro benzene ring substituents is 1. The van der Waals surface area contributed by atoms with Gasteiger partial charge in [-0.2, -0.15) is 0 Å². The van der Waals surface area contributed by atoms with Crippen molar-refractivity contribution in [3.8, 4) is 0 Å². The van der Waals surface area contributed by atoms with E-state index in [4.69, 9.17) is 10.8 Å². The lowest BCUT2D eigenvalue weighted by atomic mass is 10.1. The van der Waals surface area contributed by atoms with Gasteiger partial charge in [-0.25, -0.2) is 9.59 Å². The number of anilines is 1. The third kappa shape index (κ3) is 4.16. The predicted octanol–water partition coefficient (Wildman–Crippen LogP) is 0.288. The molecule has 0 aliphatic carbocycles. The van der Waals surface area contributed by atoms with Crippen LogP contribution in [0.1, 0.15) is 17.3 Å². The van der Waals surface area contributed by atoms with Gasteiger partial charge in [0.25, 0.3) is 5.69 Å². The number of nitro groups is 1. The molecule has 0 aliphatic rings. The van der Waals surface area contributed by atoms with Crippen LogP contribution in [0.25, 0.3) is 0 Å². The normalized spacial score (nSPS) is 11.3. The Morgan fingerprint density at radius 1 is 1.38 bits per heavy atom. The first-order valence-corrected chi connectivity index (χ1v) is 5.61. The summed E-state index contributed by atoms with van der Waals surface area (Å²) in [4.78, 5) is 43.4. The van der Waals surface area contributed by atoms with E-state index in [1.807, 2.05) is 0 Å². The molecule has 0 saturated heterocycles. The maximum atomic E-state index is 11.8. The van der Waals surface area contributed by atoms with Crippen molar-refractivity contribution in [1.82, 2.24) is 5.32 Å². The Bertz CT molecular complexity index is 615. The van der Waals surface area contributed by atoms with Crippen LogP contribution in [0.2, 0.25) is 0 Å². The quantitative estimate of drug-likeness (QED) is 0.450. The molecule has 0 aliphatic heterocycles. The number of nitrogens with one attached hydrogen (secondary N) is 2. The Hall–Kier alpha value is -3.17. The third-order valence-corrected chi connectivity index (χ3v) is 2.45. The molecule has 10 nitrogen and oxygen atoms in total. The first kappa shape index (κ1) is 15.9. The number of carbonyl (C=O) groups is 3. The van der Waals surface area contributed by atoms with Crippen molar-refractivity contribution in [2.24, 2.45) is 5.73 Å². The van der Waals surface area contributed by atoms with Crippen LogP contribution in [0.5, 0.6) is 0 Å². The molecule has 0 saturated carbocycles. The van der Waals surface area contributed by atoms with Gasteiger partial charge in [0.05, 0.1) is 16.2 Å². The van der Waals surface area contributed by atoms with Crippen LogP contribution in [0.4, 0.5) is 16.2 Å². The fraction of sp³-hybridized carbons (Fsp3) is 0.182. The van der Waals surface area contributed by atoms with Crippen molar-refractivity contribution in [3.05, 3.63) is 33.9 Å². The number of carboxylic acids is 1. The summed E-state index contributed by atoms with van der Waals surface area (Å²) in [6, 6.07) is 0.948. The van der Waals surface area contributed by atoms with E-state index in [-0.39, 0.29) is 16.9 Å². The highest BCUT2D eigenvalue weighted by molar-refractivity contribution is 6.03. The van der Waals surface area contributed by atoms with Crippen LogP contribution < -0.4 is 16.4 Å². The molecule has 0 spiro atoms. The average Bonchev–Trinajstić information content (AvgIpc) is 2.37. The van der Waals surface area contributed by atoms with Crippen molar-refractivity contribution < 1.29 is 24.4 Å². The highest BCUT2D eigenvalue weighted by atomic mass is 16.6. The number of amides is 3. The summed E-state index contributed by atoms with van der Waals surface area (Å²) in [5.41, 5.74) is 3.90. The monoisotopic (exact) mass is 296 g/mol. The zero-order chi connectivity index (χ0) is 16.2. The molecule has 0 fully saturated rings. The topological polar surface area (TPSA) is 165 Å². The summed E-state index contributed by atoms with van der Waals surface area (Å²) in [6.45, 7) is 1.32. The Balaban J connectivity index is 3.07. The van der Waals surface area contributed by atoms with Gasteiger partial charge < -0.3 is 21.5 Å². The average molecular weight is 296 g/mol. The van der Waals surface area contributed by atoms with Crippen LogP contribution in [-0.2, 0) is 4.79 Å². The van der Waals surface area contributed by atoms with Gasteiger partial charge >= 0.3 is 12.0 Å². The highest BCUT2D eigenvalue weighted by Crippen LogP contribution is 2.22. The second-order valence-electron chi connectivity index (χ2n) is 4.01. The molecule has 10 heteroatoms. The zero-order valence-corrected chi connectivity index (χ0v) is 10.8. The molecule has 1 aromatic carbocycles. The number of urea groups is 1. The SMILES string of the molecule is CC(NC(N)=O)C(=O)Nc1cc([N+](=O)[O-])ccc1C(=O)O. The first-order valence-electron chi connectivity index (χ1n) is 5.61. The number of rotatable bonds is 5. The van der Waals surface area contributed by atoms with E-state index in [0.717, 1.165) is 18.2 Å². The van der Waals surface area contributed by atoms with E-state index < -0.39 is 28.9 Å². The number of primary amides is 1. The Kier molecular flexibility index (Phi) is 4.78. The van der Waals surface area contributed by atoms with E-state index in [0.29, 0.717) is 0 Å². The zero-order valence-electron chi connectivity index (χ0n) is 10.8. The molecule has 0 radical (unpaired) electrons. The number of benzene rings is 1. The van der Waals surface area contributed by atoms with Crippen molar-refractivity contribution >= 4 is 29.3 Å². The minimum Gasteiger partial charge on any atom is -0.478 e. The van der Waals surface area contributed by atoms with Crippen LogP contribution in [0.15, 0.2) is 18.2 Å². The van der Waals surface area contributed by atoms with Gasteiger partial charge in [0.1, 0.15) is 6.04 Å². The van der Waals surface area contributed by atoms with Gasteiger partial charge in [-0.1, -0.05) is 0 Å². The number of carboxylic acid groups (broad SMARTS) is 1. The molecule has 5 N–H and O–H groups in total. The Morgan fingerprint density at radius 3 is 2.48 bits per heavy atom. The van der Waals surface area contributed by atoms with E-state index in [1.165, 1.54) is 6.92 Å². The number of aromatic carboxylic acids is 1. The third-order valence-electron chi connectivity index (χ3n) is 2.45. The summed E-state index contributed by atoms with van der Waals surface area (Å²) in [6.07, 6.45) is 0. The highest BCUT2D eigenvalue weighted by Gasteiger charge is 2.20. The van der Waals surface area contributed by atoms with Crippen molar-refractivity contribution in [3.63, 3.8) is 0 Å². The van der Waals surface area contributed by atoms with E-state index >= 15 is 0 Å². The molecular formula is C11H12N4O6. The molecule has 1 aromatic rings. The summed E-state index contributed by atoms with van der Waals surface area (Å²) in [5.74, 6) is -2.13. The smallest absolute Gasteiger partial charge is 0.337 e. The first-order chi connectivity index (χ1) is 9.72. The molecule has 112 valence electrons. The largest absolute Gasteiger partial charge is 0.478 e. The summed E-state index contributed by atoms with van der Waals surface area (Å²) in [7, 11) is 0. The molecule has 1 rings (SSSR count). The van der Waals surface area contributed by atoms with Gasteiger partial charge in [-0.3, -0.25) is 14.9 Å². The molecule has 1 atom stereocenters. The second kappa shape index (κ2) is 6.32. The minimum atomic E-state index is -1.37. The summed E-state index contributed by atoms with van der Waals surface area (Å²) in [5, 5.41) is 23.9. The molecule has 0 heterocycles. The molecule has 3 amide bonds. The van der Waals surface area contributed by atoms with Crippen molar-refractivity contribution in [2.75, 3.05) is 5.32 Å². The molecule has 0 bridgehead atoms. The van der Waals surface area contributed by atoms with Crippen molar-refractivity contribution in [2.45, 2.75) is 13.0 Å². The second-order valence-corrected chi connectivity index (χ2v) is 4.01. The van der Waals surface area contributed by atoms with Crippen LogP contribution >= 0.6 is 0 Å². The lowest BCUT2D eigenvalue weighted by Crippen LogP contribution is -2.44. The molecule has 1 unspecified atom stereocenters. The van der Waals surface area contributed by atoms with Crippen LogP contribution in [0.3, 0.4) is 0 Å². The van der Waals surface area contributed by atoms with Gasteiger partial charge in [-0.05, 0) is 13.0 Å². The van der Waals surface area contributed by atoms with Gasteiger partial charge in [-0.15, -0.1) is 0 Å².